The second-order valence-corrected chi connectivity index (χ2v) is 6.69. The zero-order chi connectivity index (χ0) is 14.9. The van der Waals surface area contributed by atoms with Gasteiger partial charge in [-0.05, 0) is 55.9 Å². The molecule has 0 aliphatic heterocycles. The molecule has 0 unspecified atom stereocenters. The molecular weight excluding hydrogens is 252 g/mol. The second-order valence-electron chi connectivity index (χ2n) is 6.69. The Kier molecular flexibility index (Phi) is 4.66. The number of allylic oxidation sites excluding steroid dienone is 2. The summed E-state index contributed by atoms with van der Waals surface area (Å²) in [5, 5.41) is 0. The minimum absolute atomic E-state index is 0.109. The van der Waals surface area contributed by atoms with E-state index in [1.165, 1.54) is 12.7 Å². The highest BCUT2D eigenvalue weighted by Crippen LogP contribution is 2.50. The molecule has 3 nitrogen and oxygen atoms in total. The summed E-state index contributed by atoms with van der Waals surface area (Å²) in [6.07, 6.45) is 4.96. The molecule has 3 atom stereocenters. The molecule has 2 aliphatic rings. The van der Waals surface area contributed by atoms with Crippen LogP contribution in [-0.4, -0.2) is 18.9 Å². The smallest absolute Gasteiger partial charge is 0.309 e. The number of carbonyl (C=O) groups excluding carboxylic acids is 2. The predicted octanol–water partition coefficient (Wildman–Crippen LogP) is 3.53. The molecule has 3 heteroatoms. The van der Waals surface area contributed by atoms with E-state index in [-0.39, 0.29) is 17.7 Å². The molecule has 0 radical (unpaired) electrons. The Morgan fingerprint density at radius 3 is 2.55 bits per heavy atom. The Morgan fingerprint density at radius 2 is 2.00 bits per heavy atom. The Balaban J connectivity index is 2.39. The Morgan fingerprint density at radius 1 is 1.30 bits per heavy atom. The van der Waals surface area contributed by atoms with E-state index in [9.17, 15) is 9.59 Å². The van der Waals surface area contributed by atoms with Crippen molar-refractivity contribution >= 4 is 11.8 Å². The fourth-order valence-corrected chi connectivity index (χ4v) is 4.12. The zero-order valence-corrected chi connectivity index (χ0v) is 13.1. The minimum atomic E-state index is -0.135. The molecule has 0 spiro atoms. The molecule has 2 rings (SSSR count). The van der Waals surface area contributed by atoms with Crippen LogP contribution in [0.5, 0.6) is 0 Å². The third-order valence-corrected chi connectivity index (χ3v) is 4.90. The van der Waals surface area contributed by atoms with Crippen LogP contribution in [0.3, 0.4) is 0 Å². The van der Waals surface area contributed by atoms with Gasteiger partial charge in [-0.25, -0.2) is 0 Å². The number of ether oxygens (including phenoxy) is 1. The number of hydrogen-bond donors (Lipinski definition) is 0. The van der Waals surface area contributed by atoms with Gasteiger partial charge in [0.2, 0.25) is 0 Å². The van der Waals surface area contributed by atoms with Crippen molar-refractivity contribution in [1.82, 2.24) is 0 Å². The van der Waals surface area contributed by atoms with Crippen molar-refractivity contribution in [2.45, 2.75) is 52.9 Å². The third kappa shape index (κ3) is 2.82. The van der Waals surface area contributed by atoms with Crippen molar-refractivity contribution in [1.29, 1.82) is 0 Å². The highest BCUT2D eigenvalue weighted by molar-refractivity contribution is 5.95. The van der Waals surface area contributed by atoms with E-state index in [0.717, 1.165) is 31.3 Å². The summed E-state index contributed by atoms with van der Waals surface area (Å²) in [5.74, 6) is 1.26. The topological polar surface area (TPSA) is 43.4 Å². The number of fused-ring (bicyclic) bond motifs is 1. The molecule has 1 fully saturated rings. The first kappa shape index (κ1) is 15.3. The van der Waals surface area contributed by atoms with Gasteiger partial charge in [0.15, 0.2) is 5.78 Å². The van der Waals surface area contributed by atoms with Gasteiger partial charge in [0, 0.05) is 0 Å². The first-order chi connectivity index (χ1) is 9.45. The van der Waals surface area contributed by atoms with E-state index >= 15 is 0 Å². The predicted molar refractivity (Wildman–Crippen MR) is 78.1 cm³/mol. The Labute approximate surface area is 121 Å². The number of esters is 1. The van der Waals surface area contributed by atoms with Gasteiger partial charge in [0.25, 0.3) is 0 Å². The summed E-state index contributed by atoms with van der Waals surface area (Å²) < 4.78 is 4.97. The minimum Gasteiger partial charge on any atom is -0.469 e. The quantitative estimate of drug-likeness (QED) is 0.739. The SMILES string of the molecule is COC(=O)[C@@H]1CC(C(C)=O)=C(CC(C)C)[C@@H]2CCC[C@@H]12. The number of methoxy groups -OCH3 is 1. The molecule has 0 aromatic heterocycles. The van der Waals surface area contributed by atoms with Crippen molar-refractivity contribution in [2.24, 2.45) is 23.7 Å². The number of ketones is 1. The first-order valence-corrected chi connectivity index (χ1v) is 7.76. The van der Waals surface area contributed by atoms with Gasteiger partial charge in [-0.15, -0.1) is 0 Å². The number of Topliss-reactive ketones (excluding diaryl/α,β-unsaturated/α-hetero) is 1. The maximum absolute atomic E-state index is 12.1. The van der Waals surface area contributed by atoms with Crippen molar-refractivity contribution < 1.29 is 14.3 Å². The van der Waals surface area contributed by atoms with Crippen LogP contribution >= 0.6 is 0 Å². The maximum Gasteiger partial charge on any atom is 0.309 e. The first-order valence-electron chi connectivity index (χ1n) is 7.76. The van der Waals surface area contributed by atoms with Gasteiger partial charge in [0.05, 0.1) is 13.0 Å². The fourth-order valence-electron chi connectivity index (χ4n) is 4.12. The lowest BCUT2D eigenvalue weighted by Crippen LogP contribution is -2.34. The van der Waals surface area contributed by atoms with E-state index in [1.54, 1.807) is 6.92 Å². The van der Waals surface area contributed by atoms with Gasteiger partial charge in [-0.2, -0.15) is 0 Å². The zero-order valence-electron chi connectivity index (χ0n) is 13.1. The van der Waals surface area contributed by atoms with Crippen molar-refractivity contribution in [2.75, 3.05) is 7.11 Å². The van der Waals surface area contributed by atoms with E-state index in [4.69, 9.17) is 4.74 Å². The molecule has 0 N–H and O–H groups in total. The Hall–Kier alpha value is -1.12. The van der Waals surface area contributed by atoms with Gasteiger partial charge in [-0.3, -0.25) is 9.59 Å². The molecule has 0 aromatic carbocycles. The summed E-state index contributed by atoms with van der Waals surface area (Å²) in [6.45, 7) is 6.03. The summed E-state index contributed by atoms with van der Waals surface area (Å²) in [4.78, 5) is 24.1. The number of hydrogen-bond acceptors (Lipinski definition) is 3. The monoisotopic (exact) mass is 278 g/mol. The molecule has 0 amide bonds. The van der Waals surface area contributed by atoms with Gasteiger partial charge >= 0.3 is 5.97 Å². The highest BCUT2D eigenvalue weighted by Gasteiger charge is 2.44. The van der Waals surface area contributed by atoms with Crippen LogP contribution in [0.1, 0.15) is 52.9 Å². The average molecular weight is 278 g/mol. The van der Waals surface area contributed by atoms with Crippen LogP contribution < -0.4 is 0 Å². The summed E-state index contributed by atoms with van der Waals surface area (Å²) in [7, 11) is 1.45. The molecule has 112 valence electrons. The largest absolute Gasteiger partial charge is 0.469 e. The molecule has 0 aromatic rings. The second kappa shape index (κ2) is 6.11. The average Bonchev–Trinajstić information content (AvgIpc) is 2.86. The van der Waals surface area contributed by atoms with Crippen LogP contribution in [0, 0.1) is 23.7 Å². The fraction of sp³-hybridized carbons (Fsp3) is 0.765. The van der Waals surface area contributed by atoms with Crippen LogP contribution in [0.4, 0.5) is 0 Å². The standard InChI is InChI=1S/C17H26O3/c1-10(2)8-15-12-6-5-7-13(12)16(17(19)20-4)9-14(15)11(3)18/h10,12-13,16H,5-9H2,1-4H3/t12-,13-,16-/m1/s1. The van der Waals surface area contributed by atoms with Crippen molar-refractivity contribution in [3.05, 3.63) is 11.1 Å². The van der Waals surface area contributed by atoms with Crippen LogP contribution in [-0.2, 0) is 14.3 Å². The van der Waals surface area contributed by atoms with Crippen LogP contribution in [0.2, 0.25) is 0 Å². The van der Waals surface area contributed by atoms with Gasteiger partial charge < -0.3 is 4.74 Å². The summed E-state index contributed by atoms with van der Waals surface area (Å²) in [5.41, 5.74) is 2.26. The highest BCUT2D eigenvalue weighted by atomic mass is 16.5. The number of rotatable bonds is 4. The van der Waals surface area contributed by atoms with E-state index in [0.29, 0.717) is 24.2 Å². The van der Waals surface area contributed by atoms with Crippen LogP contribution in [0.15, 0.2) is 11.1 Å². The lowest BCUT2D eigenvalue weighted by Gasteiger charge is -2.36. The normalized spacial score (nSPS) is 29.6. The van der Waals surface area contributed by atoms with E-state index < -0.39 is 0 Å². The molecule has 2 aliphatic carbocycles. The Bertz CT molecular complexity index is 434. The lowest BCUT2D eigenvalue weighted by molar-refractivity contribution is -0.148. The molecule has 0 bridgehead atoms. The summed E-state index contributed by atoms with van der Waals surface area (Å²) >= 11 is 0. The molecule has 1 saturated carbocycles. The maximum atomic E-state index is 12.1. The van der Waals surface area contributed by atoms with E-state index in [1.807, 2.05) is 0 Å². The van der Waals surface area contributed by atoms with Crippen molar-refractivity contribution in [3.8, 4) is 0 Å². The number of carbonyl (C=O) groups is 2. The molecule has 20 heavy (non-hydrogen) atoms. The van der Waals surface area contributed by atoms with E-state index in [2.05, 4.69) is 13.8 Å². The molecule has 0 saturated heterocycles. The third-order valence-electron chi connectivity index (χ3n) is 4.90. The van der Waals surface area contributed by atoms with Crippen molar-refractivity contribution in [3.63, 3.8) is 0 Å². The molecular formula is C17H26O3. The molecule has 0 heterocycles. The summed E-state index contributed by atoms with van der Waals surface area (Å²) in [6, 6.07) is 0. The van der Waals surface area contributed by atoms with Crippen LogP contribution in [0.25, 0.3) is 0 Å². The van der Waals surface area contributed by atoms with Gasteiger partial charge in [-0.1, -0.05) is 25.8 Å². The lowest BCUT2D eigenvalue weighted by atomic mass is 9.68. The van der Waals surface area contributed by atoms with Gasteiger partial charge in [0.1, 0.15) is 0 Å².